The Morgan fingerprint density at radius 1 is 1.53 bits per heavy atom. The van der Waals surface area contributed by atoms with Crippen LogP contribution in [0.2, 0.25) is 0 Å². The van der Waals surface area contributed by atoms with Crippen LogP contribution in [-0.2, 0) is 13.2 Å². The van der Waals surface area contributed by atoms with Gasteiger partial charge in [0.2, 0.25) is 0 Å². The maximum Gasteiger partial charge on any atom is 0.108 e. The van der Waals surface area contributed by atoms with Gasteiger partial charge in [0.05, 0.1) is 12.8 Å². The number of nitrogens with zero attached hydrogens (tertiary/aromatic N) is 3. The van der Waals surface area contributed by atoms with Crippen molar-refractivity contribution in [2.75, 3.05) is 0 Å². The van der Waals surface area contributed by atoms with Crippen LogP contribution in [0.3, 0.4) is 0 Å². The Hall–Kier alpha value is -0.940. The number of aliphatic hydroxyl groups excluding tert-OH is 1. The van der Waals surface area contributed by atoms with Crippen molar-refractivity contribution in [2.24, 2.45) is 17.1 Å². The van der Waals surface area contributed by atoms with Gasteiger partial charge in [0, 0.05) is 12.6 Å². The maximum absolute atomic E-state index is 8.92. The van der Waals surface area contributed by atoms with Gasteiger partial charge in [-0.25, -0.2) is 0 Å². The highest BCUT2D eigenvalue weighted by Crippen LogP contribution is 2.43. The molecule has 0 bridgehead atoms. The van der Waals surface area contributed by atoms with Crippen LogP contribution < -0.4 is 5.73 Å². The fourth-order valence-electron chi connectivity index (χ4n) is 2.75. The Morgan fingerprint density at radius 2 is 2.29 bits per heavy atom. The second-order valence-corrected chi connectivity index (χ2v) is 5.62. The van der Waals surface area contributed by atoms with E-state index in [9.17, 15) is 0 Å². The molecule has 1 heterocycles. The molecule has 0 unspecified atom stereocenters. The third-order valence-corrected chi connectivity index (χ3v) is 4.29. The van der Waals surface area contributed by atoms with Gasteiger partial charge < -0.3 is 10.8 Å². The predicted molar refractivity (Wildman–Crippen MR) is 65.0 cm³/mol. The molecule has 5 heteroatoms. The van der Waals surface area contributed by atoms with Crippen LogP contribution in [0.5, 0.6) is 0 Å². The summed E-state index contributed by atoms with van der Waals surface area (Å²) in [5.41, 5.74) is 6.98. The quantitative estimate of drug-likeness (QED) is 0.818. The van der Waals surface area contributed by atoms with Crippen molar-refractivity contribution >= 4 is 0 Å². The minimum Gasteiger partial charge on any atom is -0.390 e. The summed E-state index contributed by atoms with van der Waals surface area (Å²) in [7, 11) is 0. The van der Waals surface area contributed by atoms with Crippen molar-refractivity contribution in [3.8, 4) is 0 Å². The lowest BCUT2D eigenvalue weighted by Gasteiger charge is -2.30. The van der Waals surface area contributed by atoms with Crippen LogP contribution in [0.1, 0.15) is 38.8 Å². The number of aromatic nitrogens is 3. The molecule has 2 rings (SSSR count). The molecule has 1 aromatic rings. The summed E-state index contributed by atoms with van der Waals surface area (Å²) in [6, 6.07) is 0.316. The Kier molecular flexibility index (Phi) is 3.49. The highest BCUT2D eigenvalue weighted by atomic mass is 16.3. The maximum atomic E-state index is 8.92. The van der Waals surface area contributed by atoms with Gasteiger partial charge in [-0.1, -0.05) is 19.1 Å². The Labute approximate surface area is 102 Å². The molecule has 0 radical (unpaired) electrons. The van der Waals surface area contributed by atoms with Crippen LogP contribution in [0, 0.1) is 11.3 Å². The molecule has 0 saturated heterocycles. The number of aryl methyl sites for hydroxylation is 1. The topological polar surface area (TPSA) is 77.0 Å². The summed E-state index contributed by atoms with van der Waals surface area (Å²) in [5.74, 6) is 0.652. The van der Waals surface area contributed by atoms with Crippen LogP contribution in [0.4, 0.5) is 0 Å². The lowest BCUT2D eigenvalue weighted by atomic mass is 9.78. The minimum atomic E-state index is -0.0419. The molecule has 0 amide bonds. The van der Waals surface area contributed by atoms with E-state index >= 15 is 0 Å². The summed E-state index contributed by atoms with van der Waals surface area (Å²) < 4.78 is 1.81. The molecule has 96 valence electrons. The lowest BCUT2D eigenvalue weighted by molar-refractivity contribution is 0.211. The third-order valence-electron chi connectivity index (χ3n) is 4.29. The van der Waals surface area contributed by atoms with Crippen molar-refractivity contribution < 1.29 is 5.11 Å². The van der Waals surface area contributed by atoms with Gasteiger partial charge in [0.25, 0.3) is 0 Å². The zero-order valence-corrected chi connectivity index (χ0v) is 10.6. The van der Waals surface area contributed by atoms with E-state index in [1.165, 1.54) is 6.42 Å². The van der Waals surface area contributed by atoms with Gasteiger partial charge in [-0.15, -0.1) is 5.10 Å². The van der Waals surface area contributed by atoms with E-state index in [4.69, 9.17) is 10.8 Å². The predicted octanol–water partition coefficient (Wildman–Crippen LogP) is 0.924. The van der Waals surface area contributed by atoms with Gasteiger partial charge in [-0.3, -0.25) is 4.68 Å². The summed E-state index contributed by atoms with van der Waals surface area (Å²) in [6.07, 6.45) is 5.21. The molecule has 5 nitrogen and oxygen atoms in total. The molecular weight excluding hydrogens is 216 g/mol. The van der Waals surface area contributed by atoms with Crippen molar-refractivity contribution in [3.05, 3.63) is 11.9 Å². The van der Waals surface area contributed by atoms with Crippen LogP contribution in [0.25, 0.3) is 0 Å². The Morgan fingerprint density at radius 3 is 2.82 bits per heavy atom. The van der Waals surface area contributed by atoms with E-state index in [0.29, 0.717) is 17.7 Å². The van der Waals surface area contributed by atoms with Crippen LogP contribution >= 0.6 is 0 Å². The number of aliphatic hydroxyl groups is 1. The normalized spacial score (nSPS) is 27.5. The summed E-state index contributed by atoms with van der Waals surface area (Å²) in [5, 5.41) is 16.8. The smallest absolute Gasteiger partial charge is 0.108 e. The van der Waals surface area contributed by atoms with Gasteiger partial charge in [0.1, 0.15) is 5.69 Å². The van der Waals surface area contributed by atoms with Crippen LogP contribution in [-0.4, -0.2) is 26.1 Å². The zero-order chi connectivity index (χ0) is 12.5. The highest BCUT2D eigenvalue weighted by molar-refractivity contribution is 4.95. The molecule has 0 spiro atoms. The van der Waals surface area contributed by atoms with E-state index in [0.717, 1.165) is 19.4 Å². The number of nitrogens with two attached hydrogens (primary N) is 1. The van der Waals surface area contributed by atoms with Gasteiger partial charge in [-0.2, -0.15) is 0 Å². The van der Waals surface area contributed by atoms with Crippen molar-refractivity contribution in [1.82, 2.24) is 15.0 Å². The van der Waals surface area contributed by atoms with E-state index < -0.39 is 0 Å². The summed E-state index contributed by atoms with van der Waals surface area (Å²) in [4.78, 5) is 0. The first-order chi connectivity index (χ1) is 8.04. The zero-order valence-electron chi connectivity index (χ0n) is 10.6. The highest BCUT2D eigenvalue weighted by Gasteiger charge is 2.40. The first-order valence-corrected chi connectivity index (χ1v) is 6.29. The number of rotatable bonds is 4. The SMILES string of the molecule is CC1(C)[C@@H](CCn2cc(CO)nn2)CC[C@H]1N. The first-order valence-electron chi connectivity index (χ1n) is 6.29. The van der Waals surface area contributed by atoms with Crippen LogP contribution in [0.15, 0.2) is 6.20 Å². The van der Waals surface area contributed by atoms with E-state index in [1.807, 2.05) is 10.9 Å². The average molecular weight is 238 g/mol. The molecule has 1 aromatic heterocycles. The lowest BCUT2D eigenvalue weighted by Crippen LogP contribution is -2.36. The fraction of sp³-hybridized carbons (Fsp3) is 0.833. The molecule has 1 saturated carbocycles. The van der Waals surface area contributed by atoms with E-state index in [2.05, 4.69) is 24.2 Å². The standard InChI is InChI=1S/C12H22N4O/c1-12(2)9(3-4-11(12)13)5-6-16-7-10(8-17)14-15-16/h7,9,11,17H,3-6,8,13H2,1-2H3/t9-,11-/m1/s1. The molecule has 17 heavy (non-hydrogen) atoms. The molecule has 2 atom stereocenters. The van der Waals surface area contributed by atoms with Gasteiger partial charge in [0.15, 0.2) is 0 Å². The Bertz CT molecular complexity index is 374. The minimum absolute atomic E-state index is 0.0419. The molecule has 1 fully saturated rings. The Balaban J connectivity index is 1.90. The number of hydrogen-bond acceptors (Lipinski definition) is 4. The first kappa shape index (κ1) is 12.5. The molecule has 1 aliphatic carbocycles. The van der Waals surface area contributed by atoms with Gasteiger partial charge in [-0.05, 0) is 30.6 Å². The fourth-order valence-corrected chi connectivity index (χ4v) is 2.75. The second kappa shape index (κ2) is 4.74. The largest absolute Gasteiger partial charge is 0.390 e. The molecular formula is C12H22N4O. The third kappa shape index (κ3) is 2.50. The van der Waals surface area contributed by atoms with Crippen molar-refractivity contribution in [2.45, 2.75) is 52.3 Å². The molecule has 0 aliphatic heterocycles. The molecule has 1 aliphatic rings. The van der Waals surface area contributed by atoms with Crippen molar-refractivity contribution in [3.63, 3.8) is 0 Å². The van der Waals surface area contributed by atoms with Gasteiger partial charge >= 0.3 is 0 Å². The van der Waals surface area contributed by atoms with Crippen molar-refractivity contribution in [1.29, 1.82) is 0 Å². The summed E-state index contributed by atoms with van der Waals surface area (Å²) >= 11 is 0. The molecule has 0 aromatic carbocycles. The average Bonchev–Trinajstić information content (AvgIpc) is 2.84. The molecule has 3 N–H and O–H groups in total. The summed E-state index contributed by atoms with van der Waals surface area (Å²) in [6.45, 7) is 5.33. The number of hydrogen-bond donors (Lipinski definition) is 2. The van der Waals surface area contributed by atoms with E-state index in [-0.39, 0.29) is 12.0 Å². The second-order valence-electron chi connectivity index (χ2n) is 5.62. The monoisotopic (exact) mass is 238 g/mol. The van der Waals surface area contributed by atoms with E-state index in [1.54, 1.807) is 0 Å².